The van der Waals surface area contributed by atoms with E-state index in [0.29, 0.717) is 5.56 Å². The lowest BCUT2D eigenvalue weighted by molar-refractivity contribution is 0.0699. The lowest BCUT2D eigenvalue weighted by Gasteiger charge is -2.34. The lowest BCUT2D eigenvalue weighted by atomic mass is 10.00. The first-order chi connectivity index (χ1) is 15.4. The molecule has 5 rings (SSSR count). The van der Waals surface area contributed by atoms with Crippen LogP contribution in [0.1, 0.15) is 28.0 Å². The number of carbonyl (C=O) groups is 1. The molecule has 1 fully saturated rings. The highest BCUT2D eigenvalue weighted by Crippen LogP contribution is 2.31. The molecule has 166 valence electrons. The molecule has 2 aliphatic rings. The van der Waals surface area contributed by atoms with Crippen LogP contribution in [0.3, 0.4) is 0 Å². The third-order valence-corrected chi connectivity index (χ3v) is 8.37. The van der Waals surface area contributed by atoms with Crippen molar-refractivity contribution < 1.29 is 17.6 Å². The molecule has 0 saturated carbocycles. The number of pyridine rings is 1. The number of benzene rings is 2. The summed E-state index contributed by atoms with van der Waals surface area (Å²) in [7, 11) is -3.83. The van der Waals surface area contributed by atoms with Gasteiger partial charge in [-0.1, -0.05) is 29.8 Å². The smallest absolute Gasteiger partial charge is 0.254 e. The quantitative estimate of drug-likeness (QED) is 0.582. The van der Waals surface area contributed by atoms with Crippen molar-refractivity contribution in [2.45, 2.75) is 24.2 Å². The van der Waals surface area contributed by atoms with E-state index in [2.05, 4.69) is 0 Å². The number of amides is 1. The average molecular weight is 474 g/mol. The molecule has 2 aromatic carbocycles. The molecule has 0 radical (unpaired) electrons. The summed E-state index contributed by atoms with van der Waals surface area (Å²) in [5.41, 5.74) is 3.52. The van der Waals surface area contributed by atoms with Crippen LogP contribution in [-0.2, 0) is 22.9 Å². The number of hydrogen-bond acceptors (Lipinski definition) is 4. The van der Waals surface area contributed by atoms with Crippen molar-refractivity contribution in [3.05, 3.63) is 70.1 Å². The minimum absolute atomic E-state index is 0.0541. The van der Waals surface area contributed by atoms with Crippen LogP contribution >= 0.6 is 11.6 Å². The summed E-state index contributed by atoms with van der Waals surface area (Å²) in [6.45, 7) is 0.874. The van der Waals surface area contributed by atoms with Crippen molar-refractivity contribution in [2.75, 3.05) is 26.2 Å². The van der Waals surface area contributed by atoms with Gasteiger partial charge in [0.2, 0.25) is 10.0 Å². The highest BCUT2D eigenvalue weighted by atomic mass is 35.5. The Morgan fingerprint density at radius 2 is 1.78 bits per heavy atom. The number of nitrogens with zero attached hydrogens (tertiary/aromatic N) is 3. The van der Waals surface area contributed by atoms with Gasteiger partial charge in [-0.2, -0.15) is 4.31 Å². The number of aryl methyl sites for hydroxylation is 1. The average Bonchev–Trinajstić information content (AvgIpc) is 3.27. The van der Waals surface area contributed by atoms with E-state index < -0.39 is 15.8 Å². The molecule has 0 unspecified atom stereocenters. The monoisotopic (exact) mass is 473 g/mol. The van der Waals surface area contributed by atoms with Crippen molar-refractivity contribution in [1.82, 2.24) is 14.2 Å². The molecule has 1 amide bonds. The van der Waals surface area contributed by atoms with E-state index in [1.165, 1.54) is 10.4 Å². The zero-order chi connectivity index (χ0) is 22.5. The summed E-state index contributed by atoms with van der Waals surface area (Å²) >= 11 is 5.77. The molecule has 2 heterocycles. The minimum atomic E-state index is -3.83. The molecule has 1 saturated heterocycles. The first-order valence-corrected chi connectivity index (χ1v) is 12.3. The third-order valence-electron chi connectivity index (χ3n) is 6.19. The van der Waals surface area contributed by atoms with Crippen LogP contribution in [0.15, 0.2) is 47.4 Å². The van der Waals surface area contributed by atoms with Crippen molar-refractivity contribution >= 4 is 38.4 Å². The van der Waals surface area contributed by atoms with Crippen LogP contribution in [0.25, 0.3) is 10.9 Å². The first kappa shape index (κ1) is 21.3. The van der Waals surface area contributed by atoms with Crippen LogP contribution in [0.4, 0.5) is 4.39 Å². The molecule has 6 nitrogen and oxygen atoms in total. The number of halogens is 2. The van der Waals surface area contributed by atoms with E-state index in [0.717, 1.165) is 53.6 Å². The largest absolute Gasteiger partial charge is 0.336 e. The zero-order valence-electron chi connectivity index (χ0n) is 17.2. The summed E-state index contributed by atoms with van der Waals surface area (Å²) < 4.78 is 40.7. The number of hydrogen-bond donors (Lipinski definition) is 0. The summed E-state index contributed by atoms with van der Waals surface area (Å²) in [6.07, 6.45) is 2.67. The van der Waals surface area contributed by atoms with Crippen LogP contribution in [-0.4, -0.2) is 54.7 Å². The molecule has 0 atom stereocenters. The van der Waals surface area contributed by atoms with Crippen molar-refractivity contribution in [1.29, 1.82) is 0 Å². The zero-order valence-corrected chi connectivity index (χ0v) is 18.8. The van der Waals surface area contributed by atoms with Gasteiger partial charge in [0.15, 0.2) is 0 Å². The summed E-state index contributed by atoms with van der Waals surface area (Å²) in [5.74, 6) is -0.748. The molecule has 0 bridgehead atoms. The molecule has 1 aliphatic heterocycles. The minimum Gasteiger partial charge on any atom is -0.336 e. The standard InChI is InChI=1S/C23H21ClFN3O3S/c24-18-14-15(8-9-19(18)25)32(30,31)28-12-10-27(11-13-28)23(29)22-16-4-1-2-6-20(16)26-21-7-3-5-17(21)22/h1-2,4,6,8-9,14H,3,5,7,10-13H2. The van der Waals surface area contributed by atoms with Crippen LogP contribution < -0.4 is 0 Å². The normalized spacial score (nSPS) is 17.0. The molecule has 32 heavy (non-hydrogen) atoms. The summed E-state index contributed by atoms with van der Waals surface area (Å²) in [4.78, 5) is 20.0. The number of rotatable bonds is 3. The molecular weight excluding hydrogens is 453 g/mol. The Morgan fingerprint density at radius 1 is 1.03 bits per heavy atom. The maximum atomic E-state index is 13.6. The van der Waals surface area contributed by atoms with E-state index in [-0.39, 0.29) is 42.0 Å². The van der Waals surface area contributed by atoms with Gasteiger partial charge in [0.25, 0.3) is 5.91 Å². The van der Waals surface area contributed by atoms with E-state index in [1.54, 1.807) is 4.90 Å². The number of fused-ring (bicyclic) bond motifs is 2. The molecule has 1 aromatic heterocycles. The van der Waals surface area contributed by atoms with Gasteiger partial charge >= 0.3 is 0 Å². The van der Waals surface area contributed by atoms with Gasteiger partial charge in [-0.25, -0.2) is 12.8 Å². The fourth-order valence-corrected chi connectivity index (χ4v) is 6.23. The SMILES string of the molecule is O=C(c1c2c(nc3ccccc13)CCC2)N1CCN(S(=O)(=O)c2ccc(F)c(Cl)c2)CC1. The fraction of sp³-hybridized carbons (Fsp3) is 0.304. The Kier molecular flexibility index (Phi) is 5.39. The van der Waals surface area contributed by atoms with E-state index >= 15 is 0 Å². The summed E-state index contributed by atoms with van der Waals surface area (Å²) in [5, 5.41) is 0.604. The van der Waals surface area contributed by atoms with Gasteiger partial charge in [0, 0.05) is 37.3 Å². The van der Waals surface area contributed by atoms with Gasteiger partial charge in [-0.3, -0.25) is 9.78 Å². The number of sulfonamides is 1. The van der Waals surface area contributed by atoms with Crippen molar-refractivity contribution in [2.24, 2.45) is 0 Å². The maximum absolute atomic E-state index is 13.6. The fourth-order valence-electron chi connectivity index (χ4n) is 4.53. The van der Waals surface area contributed by atoms with Gasteiger partial charge in [-0.15, -0.1) is 0 Å². The summed E-state index contributed by atoms with van der Waals surface area (Å²) in [6, 6.07) is 11.0. The van der Waals surface area contributed by atoms with Crippen LogP contribution in [0, 0.1) is 5.82 Å². The van der Waals surface area contributed by atoms with E-state index in [4.69, 9.17) is 16.6 Å². The number of carbonyl (C=O) groups excluding carboxylic acids is 1. The molecular formula is C23H21ClFN3O3S. The number of para-hydroxylation sites is 1. The van der Waals surface area contributed by atoms with Crippen molar-refractivity contribution in [3.8, 4) is 0 Å². The second-order valence-electron chi connectivity index (χ2n) is 8.05. The Hall–Kier alpha value is -2.55. The Labute approximate surface area is 190 Å². The van der Waals surface area contributed by atoms with Crippen molar-refractivity contribution in [3.63, 3.8) is 0 Å². The van der Waals surface area contributed by atoms with E-state index in [9.17, 15) is 17.6 Å². The van der Waals surface area contributed by atoms with Gasteiger partial charge in [-0.05, 0) is 49.1 Å². The highest BCUT2D eigenvalue weighted by Gasteiger charge is 2.33. The predicted molar refractivity (Wildman–Crippen MR) is 120 cm³/mol. The lowest BCUT2D eigenvalue weighted by Crippen LogP contribution is -2.50. The van der Waals surface area contributed by atoms with Crippen LogP contribution in [0.2, 0.25) is 5.02 Å². The first-order valence-electron chi connectivity index (χ1n) is 10.5. The van der Waals surface area contributed by atoms with E-state index in [1.807, 2.05) is 24.3 Å². The molecule has 0 N–H and O–H groups in total. The van der Waals surface area contributed by atoms with Gasteiger partial charge in [0.05, 0.1) is 21.0 Å². The second-order valence-corrected chi connectivity index (χ2v) is 10.4. The molecule has 1 aliphatic carbocycles. The number of piperazine rings is 1. The maximum Gasteiger partial charge on any atom is 0.254 e. The topological polar surface area (TPSA) is 70.6 Å². The molecule has 0 spiro atoms. The number of aromatic nitrogens is 1. The van der Waals surface area contributed by atoms with Gasteiger partial charge < -0.3 is 4.90 Å². The Morgan fingerprint density at radius 3 is 2.53 bits per heavy atom. The highest BCUT2D eigenvalue weighted by molar-refractivity contribution is 7.89. The van der Waals surface area contributed by atoms with Gasteiger partial charge in [0.1, 0.15) is 5.82 Å². The van der Waals surface area contributed by atoms with Crippen LogP contribution in [0.5, 0.6) is 0 Å². The molecule has 3 aromatic rings. The molecule has 9 heteroatoms. The Balaban J connectivity index is 1.40. The Bertz CT molecular complexity index is 1340. The second kappa shape index (κ2) is 8.10. The predicted octanol–water partition coefficient (Wildman–Crippen LogP) is 3.66. The third kappa shape index (κ3) is 3.56.